The average molecular weight is 392 g/mol. The minimum atomic E-state index is 0. The summed E-state index contributed by atoms with van der Waals surface area (Å²) in [4.78, 5) is 19.9. The highest BCUT2D eigenvalue weighted by Gasteiger charge is 2.33. The van der Waals surface area contributed by atoms with Gasteiger partial charge >= 0.3 is 0 Å². The van der Waals surface area contributed by atoms with Crippen molar-refractivity contribution in [3.8, 4) is 10.8 Å². The summed E-state index contributed by atoms with van der Waals surface area (Å²) in [6.45, 7) is 7.23. The van der Waals surface area contributed by atoms with Gasteiger partial charge in [0.15, 0.2) is 10.8 Å². The molecule has 1 saturated heterocycles. The number of hydrogen-bond donors (Lipinski definition) is 1. The van der Waals surface area contributed by atoms with Gasteiger partial charge in [-0.25, -0.2) is 4.98 Å². The Morgan fingerprint density at radius 2 is 2.12 bits per heavy atom. The van der Waals surface area contributed by atoms with E-state index < -0.39 is 0 Å². The lowest BCUT2D eigenvalue weighted by Crippen LogP contribution is -2.34. The quantitative estimate of drug-likeness (QED) is 0.865. The second kappa shape index (κ2) is 8.34. The largest absolute Gasteiger partial charge is 0.459 e. The van der Waals surface area contributed by atoms with Crippen LogP contribution in [-0.2, 0) is 0 Å². The summed E-state index contributed by atoms with van der Waals surface area (Å²) in [7, 11) is 0. The Labute approximate surface area is 158 Å². The molecule has 2 aromatic heterocycles. The van der Waals surface area contributed by atoms with Gasteiger partial charge in [-0.1, -0.05) is 0 Å². The number of likely N-dealkylation sites (tertiary alicyclic amines) is 1. The fraction of sp³-hybridized carbons (Fsp3) is 0.500. The molecule has 24 heavy (non-hydrogen) atoms. The van der Waals surface area contributed by atoms with Crippen LogP contribution in [0, 0.1) is 19.8 Å². The van der Waals surface area contributed by atoms with Gasteiger partial charge in [0.25, 0.3) is 5.91 Å². The zero-order chi connectivity index (χ0) is 15.9. The van der Waals surface area contributed by atoms with Crippen LogP contribution >= 0.6 is 36.2 Å². The zero-order valence-corrected chi connectivity index (χ0v) is 16.4. The molecule has 3 heterocycles. The number of amides is 1. The lowest BCUT2D eigenvalue weighted by molar-refractivity contribution is 0.0747. The molecule has 1 aliphatic heterocycles. The van der Waals surface area contributed by atoms with Gasteiger partial charge in [-0.3, -0.25) is 4.79 Å². The number of aromatic nitrogens is 1. The first-order valence-electron chi connectivity index (χ1n) is 7.55. The smallest absolute Gasteiger partial charge is 0.266 e. The number of nitrogens with two attached hydrogens (primary N) is 1. The maximum atomic E-state index is 12.8. The lowest BCUT2D eigenvalue weighted by atomic mass is 10.1. The van der Waals surface area contributed by atoms with E-state index in [-0.39, 0.29) is 36.8 Å². The molecule has 1 fully saturated rings. The fourth-order valence-electron chi connectivity index (χ4n) is 2.98. The number of nitrogens with zero attached hydrogens (tertiary/aromatic N) is 2. The number of thiazole rings is 1. The molecule has 2 unspecified atom stereocenters. The molecule has 5 nitrogen and oxygen atoms in total. The van der Waals surface area contributed by atoms with Crippen LogP contribution in [-0.4, -0.2) is 34.9 Å². The number of halogens is 2. The van der Waals surface area contributed by atoms with E-state index in [0.717, 1.165) is 35.2 Å². The monoisotopic (exact) mass is 391 g/mol. The molecule has 0 radical (unpaired) electrons. The maximum absolute atomic E-state index is 12.8. The molecule has 3 rings (SSSR count). The summed E-state index contributed by atoms with van der Waals surface area (Å²) in [5, 5.41) is 0.760. The first kappa shape index (κ1) is 21.0. The second-order valence-corrected chi connectivity index (χ2v) is 6.99. The summed E-state index contributed by atoms with van der Waals surface area (Å²) >= 11 is 1.40. The highest BCUT2D eigenvalue weighted by molar-refractivity contribution is 7.17. The topological polar surface area (TPSA) is 72.4 Å². The summed E-state index contributed by atoms with van der Waals surface area (Å²) in [6, 6.07) is 4.03. The molecule has 1 amide bonds. The van der Waals surface area contributed by atoms with E-state index >= 15 is 0 Å². The number of hydrogen-bond acceptors (Lipinski definition) is 5. The third kappa shape index (κ3) is 3.94. The van der Waals surface area contributed by atoms with Crippen LogP contribution in [0.15, 0.2) is 16.5 Å². The van der Waals surface area contributed by atoms with Gasteiger partial charge in [-0.15, -0.1) is 36.2 Å². The van der Waals surface area contributed by atoms with Crippen molar-refractivity contribution in [2.24, 2.45) is 11.7 Å². The number of rotatable bonds is 3. The Bertz CT molecular complexity index is 701. The molecule has 0 aliphatic carbocycles. The molecular weight excluding hydrogens is 369 g/mol. The molecule has 2 N–H and O–H groups in total. The van der Waals surface area contributed by atoms with Crippen molar-refractivity contribution in [1.82, 2.24) is 9.88 Å². The van der Waals surface area contributed by atoms with E-state index in [1.54, 1.807) is 0 Å². The van der Waals surface area contributed by atoms with E-state index in [4.69, 9.17) is 10.2 Å². The molecule has 0 bridgehead atoms. The number of aryl methyl sites for hydroxylation is 2. The Kier molecular flexibility index (Phi) is 7.28. The van der Waals surface area contributed by atoms with Crippen LogP contribution in [0.25, 0.3) is 10.8 Å². The molecule has 134 valence electrons. The molecule has 8 heteroatoms. The average Bonchev–Trinajstić information content (AvgIpc) is 3.17. The predicted octanol–water partition coefficient (Wildman–Crippen LogP) is 3.67. The van der Waals surface area contributed by atoms with Crippen LogP contribution in [0.2, 0.25) is 0 Å². The van der Waals surface area contributed by atoms with Gasteiger partial charge in [0.05, 0.1) is 5.69 Å². The Balaban J connectivity index is 0.00000144. The summed E-state index contributed by atoms with van der Waals surface area (Å²) in [6.07, 6.45) is 0.977. The van der Waals surface area contributed by atoms with Crippen LogP contribution in [0.4, 0.5) is 0 Å². The third-order valence-corrected chi connectivity index (χ3v) is 5.36. The lowest BCUT2D eigenvalue weighted by Gasteiger charge is -2.20. The zero-order valence-electron chi connectivity index (χ0n) is 13.9. The predicted molar refractivity (Wildman–Crippen MR) is 101 cm³/mol. The van der Waals surface area contributed by atoms with Gasteiger partial charge in [0.2, 0.25) is 0 Å². The van der Waals surface area contributed by atoms with Gasteiger partial charge in [0.1, 0.15) is 10.6 Å². The molecule has 1 aliphatic rings. The normalized spacial score (nSPS) is 19.8. The Morgan fingerprint density at radius 1 is 1.42 bits per heavy atom. The van der Waals surface area contributed by atoms with Crippen molar-refractivity contribution in [1.29, 1.82) is 0 Å². The van der Waals surface area contributed by atoms with Crippen LogP contribution in [0.5, 0.6) is 0 Å². The van der Waals surface area contributed by atoms with Crippen molar-refractivity contribution < 1.29 is 9.21 Å². The highest BCUT2D eigenvalue weighted by Crippen LogP contribution is 2.32. The van der Waals surface area contributed by atoms with E-state index in [0.29, 0.717) is 17.3 Å². The highest BCUT2D eigenvalue weighted by atomic mass is 35.5. The summed E-state index contributed by atoms with van der Waals surface area (Å²) < 4.78 is 5.61. The maximum Gasteiger partial charge on any atom is 0.266 e. The van der Waals surface area contributed by atoms with Crippen molar-refractivity contribution in [3.05, 3.63) is 28.5 Å². The molecule has 2 atom stereocenters. The van der Waals surface area contributed by atoms with Crippen molar-refractivity contribution >= 4 is 42.1 Å². The van der Waals surface area contributed by atoms with Crippen molar-refractivity contribution in [2.75, 3.05) is 13.1 Å². The number of furan rings is 1. The summed E-state index contributed by atoms with van der Waals surface area (Å²) in [5.74, 6) is 2.03. The van der Waals surface area contributed by atoms with Crippen LogP contribution in [0.1, 0.15) is 34.5 Å². The first-order chi connectivity index (χ1) is 10.5. The van der Waals surface area contributed by atoms with E-state index in [1.165, 1.54) is 11.3 Å². The fourth-order valence-corrected chi connectivity index (χ4v) is 3.96. The second-order valence-electron chi connectivity index (χ2n) is 5.99. The third-order valence-electron chi connectivity index (χ3n) is 4.20. The van der Waals surface area contributed by atoms with E-state index in [1.807, 2.05) is 30.9 Å². The van der Waals surface area contributed by atoms with Gasteiger partial charge in [-0.05, 0) is 51.8 Å². The van der Waals surface area contributed by atoms with Gasteiger partial charge in [0, 0.05) is 12.6 Å². The molecule has 2 aromatic rings. The number of carbonyl (C=O) groups excluding carboxylic acids is 1. The van der Waals surface area contributed by atoms with Crippen molar-refractivity contribution in [3.63, 3.8) is 0 Å². The molecule has 0 aromatic carbocycles. The Morgan fingerprint density at radius 3 is 2.67 bits per heavy atom. The van der Waals surface area contributed by atoms with Crippen LogP contribution < -0.4 is 5.73 Å². The van der Waals surface area contributed by atoms with E-state index in [9.17, 15) is 4.79 Å². The summed E-state index contributed by atoms with van der Waals surface area (Å²) in [5.41, 5.74) is 6.52. The first-order valence-corrected chi connectivity index (χ1v) is 8.36. The Hall–Kier alpha value is -1.08. The minimum Gasteiger partial charge on any atom is -0.459 e. The SMILES string of the molecule is Cc1ccc(-c2nc(C)c(C(=O)N3CC(CN)CC3C)s2)o1.Cl.Cl. The van der Waals surface area contributed by atoms with Gasteiger partial charge in [-0.2, -0.15) is 0 Å². The minimum absolute atomic E-state index is 0. The molecule has 0 spiro atoms. The molecule has 0 saturated carbocycles. The standard InChI is InChI=1S/C16H21N3O2S.2ClH/c1-9-6-12(7-17)8-19(9)16(20)14-11(3)18-15(22-14)13-5-4-10(2)21-13;;/h4-5,9,12H,6-8,17H2,1-3H3;2*1H. The van der Waals surface area contributed by atoms with Crippen molar-refractivity contribution in [2.45, 2.75) is 33.2 Å². The number of carbonyl (C=O) groups is 1. The van der Waals surface area contributed by atoms with Crippen LogP contribution in [0.3, 0.4) is 0 Å². The van der Waals surface area contributed by atoms with Gasteiger partial charge < -0.3 is 15.1 Å². The molecular formula is C16H23Cl2N3O2S. The van der Waals surface area contributed by atoms with E-state index in [2.05, 4.69) is 11.9 Å².